The summed E-state index contributed by atoms with van der Waals surface area (Å²) in [6.07, 6.45) is 7.66. The first kappa shape index (κ1) is 15.3. The Morgan fingerprint density at radius 2 is 1.61 bits per heavy atom. The van der Waals surface area contributed by atoms with E-state index in [0.29, 0.717) is 6.42 Å². The second kappa shape index (κ2) is 7.10. The molecule has 0 fully saturated rings. The Bertz CT molecular complexity index is 716. The molecule has 1 aliphatic heterocycles. The van der Waals surface area contributed by atoms with Crippen LogP contribution in [0.2, 0.25) is 0 Å². The van der Waals surface area contributed by atoms with Crippen LogP contribution in [0.3, 0.4) is 0 Å². The molecule has 2 heteroatoms. The van der Waals surface area contributed by atoms with E-state index in [0.717, 1.165) is 23.2 Å². The molecule has 2 nitrogen and oxygen atoms in total. The molecule has 1 heterocycles. The van der Waals surface area contributed by atoms with Gasteiger partial charge in [0.25, 0.3) is 0 Å². The van der Waals surface area contributed by atoms with E-state index in [1.165, 1.54) is 0 Å². The molecule has 23 heavy (non-hydrogen) atoms. The summed E-state index contributed by atoms with van der Waals surface area (Å²) in [6, 6.07) is 20.4. The van der Waals surface area contributed by atoms with Crippen molar-refractivity contribution in [3.63, 3.8) is 0 Å². The number of allylic oxidation sites excluding steroid dienone is 2. The normalized spacial score (nSPS) is 16.5. The average Bonchev–Trinajstić information content (AvgIpc) is 2.61. The van der Waals surface area contributed by atoms with Crippen LogP contribution in [0.15, 0.2) is 78.5 Å². The second-order valence-corrected chi connectivity index (χ2v) is 5.76. The van der Waals surface area contributed by atoms with Gasteiger partial charge in [0.05, 0.1) is 6.04 Å². The van der Waals surface area contributed by atoms with Crippen molar-refractivity contribution in [3.8, 4) is 0 Å². The Kier molecular flexibility index (Phi) is 4.72. The minimum atomic E-state index is 0.0377. The number of hydrogen-bond acceptors (Lipinski definition) is 1. The molecule has 1 aliphatic rings. The van der Waals surface area contributed by atoms with E-state index in [9.17, 15) is 4.79 Å². The van der Waals surface area contributed by atoms with Crippen molar-refractivity contribution in [2.45, 2.75) is 25.8 Å². The number of benzene rings is 2. The highest BCUT2D eigenvalue weighted by Crippen LogP contribution is 2.29. The third kappa shape index (κ3) is 3.59. The first-order chi connectivity index (χ1) is 11.3. The molecule has 0 spiro atoms. The fourth-order valence-electron chi connectivity index (χ4n) is 2.92. The summed E-state index contributed by atoms with van der Waals surface area (Å²) in [7, 11) is 0. The maximum atomic E-state index is 12.5. The van der Waals surface area contributed by atoms with Crippen molar-refractivity contribution in [2.24, 2.45) is 0 Å². The van der Waals surface area contributed by atoms with Crippen molar-refractivity contribution in [2.75, 3.05) is 0 Å². The van der Waals surface area contributed by atoms with E-state index in [4.69, 9.17) is 0 Å². The van der Waals surface area contributed by atoms with Gasteiger partial charge in [0.2, 0.25) is 5.91 Å². The maximum Gasteiger partial charge on any atom is 0.227 e. The average molecular weight is 303 g/mol. The Morgan fingerprint density at radius 1 is 0.957 bits per heavy atom. The van der Waals surface area contributed by atoms with Gasteiger partial charge < -0.3 is 4.90 Å². The first-order valence-corrected chi connectivity index (χ1v) is 8.06. The summed E-state index contributed by atoms with van der Waals surface area (Å²) in [6.45, 7) is 2.09. The molecule has 116 valence electrons. The topological polar surface area (TPSA) is 20.3 Å². The van der Waals surface area contributed by atoms with Crippen molar-refractivity contribution in [1.82, 2.24) is 4.90 Å². The number of nitrogens with zero attached hydrogens (tertiary/aromatic N) is 1. The van der Waals surface area contributed by atoms with Gasteiger partial charge in [-0.3, -0.25) is 4.79 Å². The molecule has 0 aliphatic carbocycles. The van der Waals surface area contributed by atoms with Gasteiger partial charge in [-0.15, -0.1) is 0 Å². The summed E-state index contributed by atoms with van der Waals surface area (Å²) >= 11 is 0. The van der Waals surface area contributed by atoms with Crippen LogP contribution in [0.25, 0.3) is 6.08 Å². The molecule has 2 aromatic rings. The first-order valence-electron chi connectivity index (χ1n) is 8.06. The Balaban J connectivity index is 1.87. The van der Waals surface area contributed by atoms with Crippen LogP contribution in [-0.2, 0) is 4.79 Å². The summed E-state index contributed by atoms with van der Waals surface area (Å²) in [4.78, 5) is 14.4. The smallest absolute Gasteiger partial charge is 0.227 e. The van der Waals surface area contributed by atoms with Crippen molar-refractivity contribution >= 4 is 12.0 Å². The van der Waals surface area contributed by atoms with Crippen molar-refractivity contribution in [3.05, 3.63) is 89.6 Å². The van der Waals surface area contributed by atoms with Gasteiger partial charge in [-0.25, -0.2) is 0 Å². The van der Waals surface area contributed by atoms with E-state index in [2.05, 4.69) is 43.3 Å². The standard InChI is InChI=1S/C21H21NO/c1-17(19-11-6-3-7-12-19)22-20(13-8-14-21(22)23)16-15-18-9-4-2-5-10-18/h2-7,9-13,15-17H,8,14H2,1H3/b16-15+/t17-/m1/s1. The van der Waals surface area contributed by atoms with Gasteiger partial charge >= 0.3 is 0 Å². The van der Waals surface area contributed by atoms with Crippen LogP contribution in [0, 0.1) is 0 Å². The van der Waals surface area contributed by atoms with Gasteiger partial charge in [0, 0.05) is 12.1 Å². The van der Waals surface area contributed by atoms with Crippen LogP contribution < -0.4 is 0 Å². The molecule has 0 saturated heterocycles. The van der Waals surface area contributed by atoms with E-state index in [-0.39, 0.29) is 11.9 Å². The number of rotatable bonds is 4. The Labute approximate surface area is 137 Å². The van der Waals surface area contributed by atoms with Crippen LogP contribution in [-0.4, -0.2) is 10.8 Å². The highest BCUT2D eigenvalue weighted by Gasteiger charge is 2.25. The second-order valence-electron chi connectivity index (χ2n) is 5.76. The number of amides is 1. The third-order valence-electron chi connectivity index (χ3n) is 4.17. The van der Waals surface area contributed by atoms with Gasteiger partial charge in [-0.05, 0) is 30.5 Å². The largest absolute Gasteiger partial charge is 0.306 e. The summed E-state index contributed by atoms with van der Waals surface area (Å²) in [5.41, 5.74) is 3.28. The molecule has 1 amide bonds. The lowest BCUT2D eigenvalue weighted by atomic mass is 10.0. The zero-order valence-corrected chi connectivity index (χ0v) is 13.4. The van der Waals surface area contributed by atoms with Crippen LogP contribution in [0.5, 0.6) is 0 Å². The molecule has 1 atom stereocenters. The molecule has 0 N–H and O–H groups in total. The molecule has 2 aromatic carbocycles. The molecule has 0 radical (unpaired) electrons. The lowest BCUT2D eigenvalue weighted by molar-refractivity contribution is -0.131. The third-order valence-corrected chi connectivity index (χ3v) is 4.17. The number of carbonyl (C=O) groups excluding carboxylic acids is 1. The fraction of sp³-hybridized carbons (Fsp3) is 0.190. The monoisotopic (exact) mass is 303 g/mol. The Hall–Kier alpha value is -2.61. The van der Waals surface area contributed by atoms with Crippen LogP contribution >= 0.6 is 0 Å². The highest BCUT2D eigenvalue weighted by molar-refractivity contribution is 5.81. The number of carbonyl (C=O) groups is 1. The molecular weight excluding hydrogens is 282 g/mol. The summed E-state index contributed by atoms with van der Waals surface area (Å²) in [5.74, 6) is 0.191. The van der Waals surface area contributed by atoms with E-state index in [1.54, 1.807) is 0 Å². The van der Waals surface area contributed by atoms with Crippen molar-refractivity contribution in [1.29, 1.82) is 0 Å². The lowest BCUT2D eigenvalue weighted by Crippen LogP contribution is -2.34. The minimum absolute atomic E-state index is 0.0377. The Morgan fingerprint density at radius 3 is 2.30 bits per heavy atom. The molecule has 0 bridgehead atoms. The van der Waals surface area contributed by atoms with Crippen LogP contribution in [0.1, 0.15) is 36.9 Å². The van der Waals surface area contributed by atoms with Gasteiger partial charge in [0.1, 0.15) is 0 Å². The summed E-state index contributed by atoms with van der Waals surface area (Å²) in [5, 5.41) is 0. The fourth-order valence-corrected chi connectivity index (χ4v) is 2.92. The lowest BCUT2D eigenvalue weighted by Gasteiger charge is -2.33. The van der Waals surface area contributed by atoms with E-state index >= 15 is 0 Å². The van der Waals surface area contributed by atoms with Gasteiger partial charge in [0.15, 0.2) is 0 Å². The van der Waals surface area contributed by atoms with Crippen LogP contribution in [0.4, 0.5) is 0 Å². The van der Waals surface area contributed by atoms with Crippen molar-refractivity contribution < 1.29 is 4.79 Å². The van der Waals surface area contributed by atoms with Gasteiger partial charge in [-0.2, -0.15) is 0 Å². The molecular formula is C21H21NO. The quantitative estimate of drug-likeness (QED) is 0.781. The molecule has 3 rings (SSSR count). The van der Waals surface area contributed by atoms with Gasteiger partial charge in [-0.1, -0.05) is 72.8 Å². The summed E-state index contributed by atoms with van der Waals surface area (Å²) < 4.78 is 0. The van der Waals surface area contributed by atoms with E-state index < -0.39 is 0 Å². The molecule has 0 unspecified atom stereocenters. The predicted octanol–water partition coefficient (Wildman–Crippen LogP) is 4.97. The zero-order chi connectivity index (χ0) is 16.1. The maximum absolute atomic E-state index is 12.5. The molecule has 0 aromatic heterocycles. The minimum Gasteiger partial charge on any atom is -0.306 e. The SMILES string of the molecule is C[C@H](c1ccccc1)N1C(=O)CCC=C1/C=C/c1ccccc1. The number of hydrogen-bond donors (Lipinski definition) is 0. The zero-order valence-electron chi connectivity index (χ0n) is 13.4. The van der Waals surface area contributed by atoms with E-state index in [1.807, 2.05) is 47.4 Å². The highest BCUT2D eigenvalue weighted by atomic mass is 16.2. The molecule has 0 saturated carbocycles. The predicted molar refractivity (Wildman–Crippen MR) is 94.5 cm³/mol.